The number of anilines is 1. The molecule has 1 saturated carbocycles. The van der Waals surface area contributed by atoms with Gasteiger partial charge in [0.1, 0.15) is 5.75 Å². The molecule has 0 aromatic heterocycles. The van der Waals surface area contributed by atoms with Crippen molar-refractivity contribution < 1.29 is 14.6 Å². The van der Waals surface area contributed by atoms with Crippen LogP contribution in [-0.2, 0) is 4.79 Å². The highest BCUT2D eigenvalue weighted by Crippen LogP contribution is 2.30. The summed E-state index contributed by atoms with van der Waals surface area (Å²) in [5.41, 5.74) is 0.182. The SMILES string of the molecule is O=C(NCC1(O)CCCC1)C1CNc2ccccc2O1. The van der Waals surface area contributed by atoms with Gasteiger partial charge < -0.3 is 20.5 Å². The summed E-state index contributed by atoms with van der Waals surface area (Å²) < 4.78 is 5.69. The lowest BCUT2D eigenvalue weighted by Crippen LogP contribution is -2.49. The molecule has 0 bridgehead atoms. The zero-order chi connectivity index (χ0) is 14.0. The third-order valence-electron chi connectivity index (χ3n) is 4.05. The number of aliphatic hydroxyl groups is 1. The van der Waals surface area contributed by atoms with Gasteiger partial charge in [0, 0.05) is 6.54 Å². The van der Waals surface area contributed by atoms with Gasteiger partial charge in [0.2, 0.25) is 0 Å². The molecule has 1 aliphatic carbocycles. The molecule has 3 rings (SSSR count). The van der Waals surface area contributed by atoms with Crippen LogP contribution in [0.3, 0.4) is 0 Å². The molecule has 2 aliphatic rings. The van der Waals surface area contributed by atoms with Crippen molar-refractivity contribution in [2.24, 2.45) is 0 Å². The third kappa shape index (κ3) is 2.72. The molecule has 20 heavy (non-hydrogen) atoms. The first-order valence-corrected chi connectivity index (χ1v) is 7.16. The number of rotatable bonds is 3. The van der Waals surface area contributed by atoms with Gasteiger partial charge in [-0.1, -0.05) is 25.0 Å². The fraction of sp³-hybridized carbons (Fsp3) is 0.533. The maximum absolute atomic E-state index is 12.1. The lowest BCUT2D eigenvalue weighted by Gasteiger charge is -2.28. The van der Waals surface area contributed by atoms with Crippen LogP contribution in [0.15, 0.2) is 24.3 Å². The van der Waals surface area contributed by atoms with Crippen LogP contribution in [0.5, 0.6) is 5.75 Å². The van der Waals surface area contributed by atoms with Crippen LogP contribution in [0.2, 0.25) is 0 Å². The number of fused-ring (bicyclic) bond motifs is 1. The minimum atomic E-state index is -0.727. The molecule has 3 N–H and O–H groups in total. The average molecular weight is 276 g/mol. The Morgan fingerprint density at radius 1 is 1.40 bits per heavy atom. The average Bonchev–Trinajstić information content (AvgIpc) is 2.91. The van der Waals surface area contributed by atoms with Crippen LogP contribution in [0, 0.1) is 0 Å². The van der Waals surface area contributed by atoms with Crippen molar-refractivity contribution in [2.45, 2.75) is 37.4 Å². The number of para-hydroxylation sites is 2. The number of carbonyl (C=O) groups excluding carboxylic acids is 1. The summed E-state index contributed by atoms with van der Waals surface area (Å²) in [6.07, 6.45) is 3.04. The molecule has 1 fully saturated rings. The standard InChI is InChI=1S/C15H20N2O3/c18-14(17-10-15(19)7-3-4-8-15)13-9-16-11-5-1-2-6-12(11)20-13/h1-2,5-6,13,16,19H,3-4,7-10H2,(H,17,18). The molecule has 108 valence electrons. The Morgan fingerprint density at radius 3 is 2.95 bits per heavy atom. The number of carbonyl (C=O) groups is 1. The Morgan fingerprint density at radius 2 is 2.15 bits per heavy atom. The summed E-state index contributed by atoms with van der Waals surface area (Å²) in [4.78, 5) is 12.1. The number of ether oxygens (including phenoxy) is 1. The minimum Gasteiger partial charge on any atom is -0.477 e. The monoisotopic (exact) mass is 276 g/mol. The topological polar surface area (TPSA) is 70.6 Å². The van der Waals surface area contributed by atoms with Gasteiger partial charge in [0.15, 0.2) is 6.10 Å². The van der Waals surface area contributed by atoms with Crippen molar-refractivity contribution >= 4 is 11.6 Å². The third-order valence-corrected chi connectivity index (χ3v) is 4.05. The fourth-order valence-corrected chi connectivity index (χ4v) is 2.83. The second-order valence-corrected chi connectivity index (χ2v) is 5.63. The van der Waals surface area contributed by atoms with Gasteiger partial charge >= 0.3 is 0 Å². The van der Waals surface area contributed by atoms with Crippen LogP contribution in [-0.4, -0.2) is 35.8 Å². The van der Waals surface area contributed by atoms with Gasteiger partial charge in [0.25, 0.3) is 5.91 Å². The smallest absolute Gasteiger partial charge is 0.263 e. The largest absolute Gasteiger partial charge is 0.477 e. The Balaban J connectivity index is 1.56. The zero-order valence-electron chi connectivity index (χ0n) is 11.4. The highest BCUT2D eigenvalue weighted by atomic mass is 16.5. The molecule has 1 aliphatic heterocycles. The predicted molar refractivity (Wildman–Crippen MR) is 75.8 cm³/mol. The first-order valence-electron chi connectivity index (χ1n) is 7.16. The number of nitrogens with one attached hydrogen (secondary N) is 2. The molecule has 0 saturated heterocycles. The summed E-state index contributed by atoms with van der Waals surface area (Å²) in [5, 5.41) is 16.2. The number of amides is 1. The van der Waals surface area contributed by atoms with Crippen molar-refractivity contribution in [1.82, 2.24) is 5.32 Å². The maximum Gasteiger partial charge on any atom is 0.263 e. The number of benzene rings is 1. The molecule has 1 atom stereocenters. The van der Waals surface area contributed by atoms with E-state index in [-0.39, 0.29) is 5.91 Å². The van der Waals surface area contributed by atoms with Gasteiger partial charge in [-0.25, -0.2) is 0 Å². The van der Waals surface area contributed by atoms with Gasteiger partial charge in [-0.3, -0.25) is 4.79 Å². The van der Waals surface area contributed by atoms with Crippen LogP contribution in [0.25, 0.3) is 0 Å². The van der Waals surface area contributed by atoms with E-state index in [4.69, 9.17) is 4.74 Å². The van der Waals surface area contributed by atoms with Crippen molar-refractivity contribution in [2.75, 3.05) is 18.4 Å². The van der Waals surface area contributed by atoms with E-state index < -0.39 is 11.7 Å². The number of hydrogen-bond donors (Lipinski definition) is 3. The molecule has 1 aromatic rings. The van der Waals surface area contributed by atoms with E-state index in [0.717, 1.165) is 31.4 Å². The van der Waals surface area contributed by atoms with Crippen LogP contribution in [0.4, 0.5) is 5.69 Å². The minimum absolute atomic E-state index is 0.174. The molecule has 5 nitrogen and oxygen atoms in total. The predicted octanol–water partition coefficient (Wildman–Crippen LogP) is 1.28. The van der Waals surface area contributed by atoms with E-state index >= 15 is 0 Å². The molecular formula is C15H20N2O3. The van der Waals surface area contributed by atoms with Gasteiger partial charge in [-0.05, 0) is 25.0 Å². The van der Waals surface area contributed by atoms with E-state index in [1.54, 1.807) is 0 Å². The van der Waals surface area contributed by atoms with Crippen molar-refractivity contribution in [3.05, 3.63) is 24.3 Å². The lowest BCUT2D eigenvalue weighted by molar-refractivity contribution is -0.128. The molecule has 0 spiro atoms. The number of hydrogen-bond acceptors (Lipinski definition) is 4. The molecular weight excluding hydrogens is 256 g/mol. The van der Waals surface area contributed by atoms with Gasteiger partial charge in [0.05, 0.1) is 17.8 Å². The highest BCUT2D eigenvalue weighted by molar-refractivity contribution is 5.83. The second-order valence-electron chi connectivity index (χ2n) is 5.63. The summed E-state index contributed by atoms with van der Waals surface area (Å²) in [5.74, 6) is 0.519. The maximum atomic E-state index is 12.1. The molecule has 5 heteroatoms. The van der Waals surface area contributed by atoms with Crippen LogP contribution < -0.4 is 15.4 Å². The van der Waals surface area contributed by atoms with Crippen molar-refractivity contribution in [3.8, 4) is 5.75 Å². The molecule has 1 amide bonds. The molecule has 1 unspecified atom stereocenters. The fourth-order valence-electron chi connectivity index (χ4n) is 2.83. The lowest BCUT2D eigenvalue weighted by atomic mass is 10.0. The Hall–Kier alpha value is -1.75. The summed E-state index contributed by atoms with van der Waals surface area (Å²) in [6.45, 7) is 0.759. The van der Waals surface area contributed by atoms with Crippen molar-refractivity contribution in [1.29, 1.82) is 0 Å². The Bertz CT molecular complexity index is 498. The van der Waals surface area contributed by atoms with Crippen LogP contribution in [0.1, 0.15) is 25.7 Å². The zero-order valence-corrected chi connectivity index (χ0v) is 11.4. The summed E-state index contributed by atoms with van der Waals surface area (Å²) >= 11 is 0. The first kappa shape index (κ1) is 13.2. The van der Waals surface area contributed by atoms with Gasteiger partial charge in [-0.15, -0.1) is 0 Å². The summed E-state index contributed by atoms with van der Waals surface area (Å²) in [7, 11) is 0. The molecule has 0 radical (unpaired) electrons. The van der Waals surface area contributed by atoms with Gasteiger partial charge in [-0.2, -0.15) is 0 Å². The van der Waals surface area contributed by atoms with E-state index in [0.29, 0.717) is 18.8 Å². The van der Waals surface area contributed by atoms with E-state index in [1.165, 1.54) is 0 Å². The molecule has 1 aromatic carbocycles. The Labute approximate surface area is 118 Å². The first-order chi connectivity index (χ1) is 9.66. The normalized spacial score (nSPS) is 23.4. The second kappa shape index (κ2) is 5.32. The van der Waals surface area contributed by atoms with E-state index in [1.807, 2.05) is 24.3 Å². The van der Waals surface area contributed by atoms with E-state index in [9.17, 15) is 9.90 Å². The Kier molecular flexibility index (Phi) is 3.53. The highest BCUT2D eigenvalue weighted by Gasteiger charge is 2.33. The van der Waals surface area contributed by atoms with Crippen LogP contribution >= 0.6 is 0 Å². The summed E-state index contributed by atoms with van der Waals surface area (Å²) in [6, 6.07) is 7.56. The van der Waals surface area contributed by atoms with Crippen molar-refractivity contribution in [3.63, 3.8) is 0 Å². The quantitative estimate of drug-likeness (QED) is 0.778. The molecule has 1 heterocycles. The van der Waals surface area contributed by atoms with E-state index in [2.05, 4.69) is 10.6 Å².